The molecule has 0 saturated carbocycles. The van der Waals surface area contributed by atoms with Gasteiger partial charge in [0.15, 0.2) is 24.3 Å². The van der Waals surface area contributed by atoms with Crippen molar-refractivity contribution in [1.29, 1.82) is 0 Å². The number of hydrogen-bond acceptors (Lipinski definition) is 7. The van der Waals surface area contributed by atoms with Gasteiger partial charge in [-0.1, -0.05) is 125 Å². The number of hydrogen-bond donors (Lipinski definition) is 1. The summed E-state index contributed by atoms with van der Waals surface area (Å²) in [6.45, 7) is 8.78. The molecule has 1 N–H and O–H groups in total. The van der Waals surface area contributed by atoms with Gasteiger partial charge in [-0.05, 0) is 70.6 Å². The van der Waals surface area contributed by atoms with Crippen LogP contribution in [-0.4, -0.2) is 66.5 Å². The van der Waals surface area contributed by atoms with E-state index >= 15 is 0 Å². The van der Waals surface area contributed by atoms with Crippen molar-refractivity contribution in [3.05, 3.63) is 78.4 Å². The Labute approximate surface area is 319 Å². The fourth-order valence-electron chi connectivity index (χ4n) is 7.22. The summed E-state index contributed by atoms with van der Waals surface area (Å²) in [6.07, 6.45) is 18.8. The van der Waals surface area contributed by atoms with Gasteiger partial charge in [-0.15, -0.1) is 0 Å². The number of para-hydroxylation sites is 1. The average Bonchev–Trinajstić information content (AvgIpc) is 3.63. The SMILES string of the molecule is CCCCCCCC/C=C\CCCCCCCCN(C(=O)NCc1ccccc1)C(CC(=O)OCC)[C@@H]1O[C@@H]2OC(C)(C)O[C@@H]2[C@H]1Oc1ccccc1. The Morgan fingerprint density at radius 3 is 2.06 bits per heavy atom. The van der Waals surface area contributed by atoms with Crippen molar-refractivity contribution in [3.63, 3.8) is 0 Å². The van der Waals surface area contributed by atoms with Crippen LogP contribution in [0.25, 0.3) is 0 Å². The molecule has 2 aromatic rings. The van der Waals surface area contributed by atoms with Gasteiger partial charge in [0.1, 0.15) is 11.9 Å². The normalized spacial score (nSPS) is 21.0. The van der Waals surface area contributed by atoms with Crippen LogP contribution in [0.1, 0.15) is 130 Å². The predicted molar refractivity (Wildman–Crippen MR) is 209 cm³/mol. The van der Waals surface area contributed by atoms with Gasteiger partial charge in [-0.3, -0.25) is 4.79 Å². The first-order valence-corrected chi connectivity index (χ1v) is 20.4. The Morgan fingerprint density at radius 2 is 1.42 bits per heavy atom. The summed E-state index contributed by atoms with van der Waals surface area (Å²) in [5.74, 6) is -0.629. The minimum Gasteiger partial charge on any atom is -0.485 e. The smallest absolute Gasteiger partial charge is 0.318 e. The Hall–Kier alpha value is -3.40. The van der Waals surface area contributed by atoms with E-state index in [0.29, 0.717) is 18.8 Å². The highest BCUT2D eigenvalue weighted by Gasteiger charge is 2.59. The number of carbonyl (C=O) groups excluding carboxylic acids is 2. The van der Waals surface area contributed by atoms with Crippen molar-refractivity contribution in [1.82, 2.24) is 10.2 Å². The zero-order valence-electron chi connectivity index (χ0n) is 32.8. The van der Waals surface area contributed by atoms with E-state index in [1.807, 2.05) is 74.5 Å². The number of unbranched alkanes of at least 4 members (excludes halogenated alkanes) is 12. The van der Waals surface area contributed by atoms with Gasteiger partial charge < -0.3 is 33.9 Å². The highest BCUT2D eigenvalue weighted by atomic mass is 16.8. The Balaban J connectivity index is 1.39. The fourth-order valence-corrected chi connectivity index (χ4v) is 7.22. The lowest BCUT2D eigenvalue weighted by atomic mass is 9.98. The number of ether oxygens (including phenoxy) is 5. The van der Waals surface area contributed by atoms with E-state index in [2.05, 4.69) is 24.4 Å². The van der Waals surface area contributed by atoms with E-state index < -0.39 is 42.4 Å². The molecule has 2 heterocycles. The quantitative estimate of drug-likeness (QED) is 0.0617. The molecule has 9 heteroatoms. The third kappa shape index (κ3) is 14.7. The lowest BCUT2D eigenvalue weighted by Gasteiger charge is -2.38. The lowest BCUT2D eigenvalue weighted by Crippen LogP contribution is -2.56. The van der Waals surface area contributed by atoms with Crippen LogP contribution in [0.15, 0.2) is 72.8 Å². The largest absolute Gasteiger partial charge is 0.485 e. The maximum atomic E-state index is 14.2. The van der Waals surface area contributed by atoms with Gasteiger partial charge in [0.2, 0.25) is 0 Å². The minimum absolute atomic E-state index is 0.0544. The minimum atomic E-state index is -0.869. The standard InChI is InChI=1S/C44H66N2O7/c1-5-7-8-9-10-11-12-13-14-15-16-17-18-19-20-27-32-46(43(48)45-34-35-28-23-21-24-29-35)37(33-38(47)49-6-2)39-40(50-36-30-25-22-26-31-36)41-42(51-39)53-44(3,4)52-41/h13-14,21-26,28-31,37,39-42H,5-12,15-20,27,32-34H2,1-4H3,(H,45,48)/b14-13-/t37?,39-,40-,41+,42+/m0/s1. The molecule has 0 radical (unpaired) electrons. The lowest BCUT2D eigenvalue weighted by molar-refractivity contribution is -0.219. The molecule has 0 bridgehead atoms. The van der Waals surface area contributed by atoms with Crippen LogP contribution in [0, 0.1) is 0 Å². The van der Waals surface area contributed by atoms with Crippen molar-refractivity contribution in [2.45, 2.75) is 167 Å². The number of benzene rings is 2. The molecule has 2 fully saturated rings. The molecule has 2 aliphatic heterocycles. The van der Waals surface area contributed by atoms with Crippen LogP contribution in [0.2, 0.25) is 0 Å². The Kier molecular flexibility index (Phi) is 18.7. The summed E-state index contributed by atoms with van der Waals surface area (Å²) in [6, 6.07) is 18.3. The highest BCUT2D eigenvalue weighted by Crippen LogP contribution is 2.41. The van der Waals surface area contributed by atoms with Crippen LogP contribution in [0.3, 0.4) is 0 Å². The third-order valence-electron chi connectivity index (χ3n) is 9.96. The van der Waals surface area contributed by atoms with E-state index in [1.54, 1.807) is 11.8 Å². The summed E-state index contributed by atoms with van der Waals surface area (Å²) < 4.78 is 31.0. The number of esters is 1. The molecule has 0 spiro atoms. The van der Waals surface area contributed by atoms with Gasteiger partial charge in [0.05, 0.1) is 19.1 Å². The van der Waals surface area contributed by atoms with Crippen LogP contribution in [-0.2, 0) is 30.3 Å². The van der Waals surface area contributed by atoms with E-state index in [9.17, 15) is 9.59 Å². The average molecular weight is 735 g/mol. The summed E-state index contributed by atoms with van der Waals surface area (Å²) in [5.41, 5.74) is 0.987. The molecular formula is C44H66N2O7. The zero-order chi connectivity index (χ0) is 37.7. The molecule has 2 amide bonds. The third-order valence-corrected chi connectivity index (χ3v) is 9.96. The van der Waals surface area contributed by atoms with Gasteiger partial charge in [-0.2, -0.15) is 0 Å². The topological polar surface area (TPSA) is 95.6 Å². The molecular weight excluding hydrogens is 668 g/mol. The maximum absolute atomic E-state index is 14.2. The predicted octanol–water partition coefficient (Wildman–Crippen LogP) is 9.88. The van der Waals surface area contributed by atoms with Crippen LogP contribution in [0.5, 0.6) is 5.75 Å². The molecule has 53 heavy (non-hydrogen) atoms. The van der Waals surface area contributed by atoms with Crippen LogP contribution >= 0.6 is 0 Å². The number of fused-ring (bicyclic) bond motifs is 1. The number of allylic oxidation sites excluding steroid dienone is 2. The molecule has 2 aromatic carbocycles. The molecule has 294 valence electrons. The number of nitrogens with zero attached hydrogens (tertiary/aromatic N) is 1. The number of nitrogens with one attached hydrogen (secondary N) is 1. The molecule has 0 aliphatic carbocycles. The first-order valence-electron chi connectivity index (χ1n) is 20.4. The van der Waals surface area contributed by atoms with E-state index in [-0.39, 0.29) is 19.1 Å². The van der Waals surface area contributed by atoms with Crippen LogP contribution < -0.4 is 10.1 Å². The number of rotatable bonds is 25. The second-order valence-electron chi connectivity index (χ2n) is 14.8. The molecule has 5 atom stereocenters. The second-order valence-corrected chi connectivity index (χ2v) is 14.8. The summed E-state index contributed by atoms with van der Waals surface area (Å²) in [7, 11) is 0. The first-order chi connectivity index (χ1) is 25.8. The molecule has 1 unspecified atom stereocenters. The van der Waals surface area contributed by atoms with Gasteiger partial charge in [0, 0.05) is 13.1 Å². The van der Waals surface area contributed by atoms with E-state index in [0.717, 1.165) is 37.7 Å². The summed E-state index contributed by atoms with van der Waals surface area (Å²) in [4.78, 5) is 29.1. The van der Waals surface area contributed by atoms with Gasteiger partial charge in [0.25, 0.3) is 0 Å². The van der Waals surface area contributed by atoms with Crippen molar-refractivity contribution < 1.29 is 33.3 Å². The maximum Gasteiger partial charge on any atom is 0.318 e. The van der Waals surface area contributed by atoms with Crippen LogP contribution in [0.4, 0.5) is 4.79 Å². The van der Waals surface area contributed by atoms with Crippen molar-refractivity contribution in [3.8, 4) is 5.75 Å². The highest BCUT2D eigenvalue weighted by molar-refractivity contribution is 5.76. The number of amides is 2. The fraction of sp³-hybridized carbons (Fsp3) is 0.636. The molecule has 2 saturated heterocycles. The Morgan fingerprint density at radius 1 is 0.811 bits per heavy atom. The summed E-state index contributed by atoms with van der Waals surface area (Å²) >= 11 is 0. The Bertz CT molecular complexity index is 1340. The second kappa shape index (κ2) is 23.4. The van der Waals surface area contributed by atoms with E-state index in [1.165, 1.54) is 57.8 Å². The van der Waals surface area contributed by atoms with Gasteiger partial charge >= 0.3 is 12.0 Å². The van der Waals surface area contributed by atoms with Gasteiger partial charge in [-0.25, -0.2) is 4.79 Å². The molecule has 9 nitrogen and oxygen atoms in total. The molecule has 4 rings (SSSR count). The number of carbonyl (C=O) groups is 2. The van der Waals surface area contributed by atoms with Crippen molar-refractivity contribution in [2.24, 2.45) is 0 Å². The van der Waals surface area contributed by atoms with Crippen molar-refractivity contribution >= 4 is 12.0 Å². The first kappa shape index (κ1) is 42.3. The number of urea groups is 1. The van der Waals surface area contributed by atoms with E-state index in [4.69, 9.17) is 23.7 Å². The molecule has 2 aliphatic rings. The zero-order valence-corrected chi connectivity index (χ0v) is 32.8. The summed E-state index contributed by atoms with van der Waals surface area (Å²) in [5, 5.41) is 3.11. The molecule has 0 aromatic heterocycles. The monoisotopic (exact) mass is 734 g/mol. The van der Waals surface area contributed by atoms with Crippen molar-refractivity contribution in [2.75, 3.05) is 13.2 Å².